The van der Waals surface area contributed by atoms with Gasteiger partial charge in [-0.05, 0) is 77.4 Å². The van der Waals surface area contributed by atoms with Crippen molar-refractivity contribution >= 4 is 59.4 Å². The largest absolute Gasteiger partial charge is 0.443 e. The number of rotatable bonds is 6. The third-order valence-electron chi connectivity index (χ3n) is 6.71. The number of nitrogens with two attached hydrogens (primary N) is 1. The number of carbonyl (C=O) groups is 1. The number of benzene rings is 2. The Kier molecular flexibility index (Phi) is 7.11. The highest BCUT2D eigenvalue weighted by Crippen LogP contribution is 2.35. The second-order valence-corrected chi connectivity index (χ2v) is 11.7. The van der Waals surface area contributed by atoms with E-state index in [1.807, 2.05) is 12.1 Å². The lowest BCUT2D eigenvalue weighted by Crippen LogP contribution is -2.37. The van der Waals surface area contributed by atoms with Crippen LogP contribution in [0.4, 0.5) is 5.82 Å². The minimum atomic E-state index is -3.83. The third kappa shape index (κ3) is 5.23. The van der Waals surface area contributed by atoms with Crippen LogP contribution in [0.1, 0.15) is 34.7 Å². The van der Waals surface area contributed by atoms with E-state index in [0.29, 0.717) is 21.1 Å². The van der Waals surface area contributed by atoms with Crippen LogP contribution in [-0.4, -0.2) is 50.4 Å². The second kappa shape index (κ2) is 10.3. The van der Waals surface area contributed by atoms with Crippen molar-refractivity contribution in [2.24, 2.45) is 5.14 Å². The quantitative estimate of drug-likeness (QED) is 0.304. The van der Waals surface area contributed by atoms with Crippen molar-refractivity contribution < 1.29 is 17.6 Å². The molecule has 1 aliphatic heterocycles. The summed E-state index contributed by atoms with van der Waals surface area (Å²) in [5.74, 6) is 0.127. The van der Waals surface area contributed by atoms with Gasteiger partial charge in [0, 0.05) is 24.0 Å². The number of nitriles is 1. The Morgan fingerprint density at radius 1 is 1.24 bits per heavy atom. The molecule has 0 atom stereocenters. The molecule has 0 radical (unpaired) electrons. The van der Waals surface area contributed by atoms with Crippen molar-refractivity contribution in [3.63, 3.8) is 0 Å². The highest BCUT2D eigenvalue weighted by molar-refractivity contribution is 9.10. The summed E-state index contributed by atoms with van der Waals surface area (Å²) in [6.45, 7) is 2.07. The van der Waals surface area contributed by atoms with Crippen molar-refractivity contribution in [3.8, 4) is 6.07 Å². The number of furan rings is 1. The van der Waals surface area contributed by atoms with Gasteiger partial charge in [0.25, 0.3) is 5.91 Å². The Bertz CT molecular complexity index is 1700. The second-order valence-electron chi connectivity index (χ2n) is 9.34. The van der Waals surface area contributed by atoms with Crippen molar-refractivity contribution in [1.82, 2.24) is 15.2 Å². The van der Waals surface area contributed by atoms with Gasteiger partial charge in [0.2, 0.25) is 15.8 Å². The number of amides is 1. The number of primary sulfonamides is 1. The van der Waals surface area contributed by atoms with Crippen molar-refractivity contribution in [2.45, 2.75) is 30.3 Å². The maximum absolute atomic E-state index is 13.4. The smallest absolute Gasteiger partial charge is 0.274 e. The van der Waals surface area contributed by atoms with Crippen LogP contribution in [0.2, 0.25) is 0 Å². The Morgan fingerprint density at radius 3 is 2.71 bits per heavy atom. The van der Waals surface area contributed by atoms with Crippen LogP contribution in [0.15, 0.2) is 56.2 Å². The van der Waals surface area contributed by atoms with Gasteiger partial charge in [-0.25, -0.2) is 18.5 Å². The number of sulfonamides is 1. The highest BCUT2D eigenvalue weighted by Gasteiger charge is 2.24. The number of halogens is 1. The summed E-state index contributed by atoms with van der Waals surface area (Å²) in [5.41, 5.74) is 1.07. The van der Waals surface area contributed by atoms with E-state index in [2.05, 4.69) is 43.5 Å². The van der Waals surface area contributed by atoms with Crippen LogP contribution in [0.5, 0.6) is 0 Å². The third-order valence-corrected chi connectivity index (χ3v) is 8.42. The topological polar surface area (TPSA) is 154 Å². The lowest BCUT2D eigenvalue weighted by Gasteiger charge is -2.30. The van der Waals surface area contributed by atoms with Crippen molar-refractivity contribution in [1.29, 1.82) is 5.26 Å². The molecular weight excluding hydrogens is 572 g/mol. The van der Waals surface area contributed by atoms with Gasteiger partial charge >= 0.3 is 0 Å². The van der Waals surface area contributed by atoms with E-state index in [1.165, 1.54) is 12.1 Å². The minimum absolute atomic E-state index is 0.0170. The Morgan fingerprint density at radius 2 is 2.00 bits per heavy atom. The zero-order chi connectivity index (χ0) is 27.0. The van der Waals surface area contributed by atoms with E-state index in [0.717, 1.165) is 36.9 Å². The average molecular weight is 597 g/mol. The molecule has 1 aliphatic rings. The van der Waals surface area contributed by atoms with Crippen molar-refractivity contribution in [2.75, 3.05) is 25.5 Å². The summed E-state index contributed by atoms with van der Waals surface area (Å²) in [5, 5.41) is 23.0. The number of nitrogens with one attached hydrogen (secondary N) is 2. The molecule has 5 rings (SSSR count). The molecule has 12 heteroatoms. The number of fused-ring (bicyclic) bond motifs is 2. The first-order chi connectivity index (χ1) is 18.1. The molecule has 0 saturated carbocycles. The highest BCUT2D eigenvalue weighted by atomic mass is 79.9. The van der Waals surface area contributed by atoms with Gasteiger partial charge in [0.1, 0.15) is 11.9 Å². The molecular formula is C26H25BrN6O4S. The van der Waals surface area contributed by atoms with Crippen LogP contribution in [0.25, 0.3) is 21.7 Å². The van der Waals surface area contributed by atoms with E-state index < -0.39 is 15.9 Å². The van der Waals surface area contributed by atoms with Crippen molar-refractivity contribution in [3.05, 3.63) is 64.0 Å². The predicted molar refractivity (Wildman–Crippen MR) is 147 cm³/mol. The van der Waals surface area contributed by atoms with E-state index in [4.69, 9.17) is 9.56 Å². The normalized spacial score (nSPS) is 15.0. The molecule has 3 heterocycles. The van der Waals surface area contributed by atoms with E-state index in [9.17, 15) is 18.5 Å². The van der Waals surface area contributed by atoms with Gasteiger partial charge in [-0.3, -0.25) is 4.79 Å². The molecule has 2 aromatic carbocycles. The van der Waals surface area contributed by atoms with Gasteiger partial charge in [-0.2, -0.15) is 5.26 Å². The molecule has 0 aliphatic carbocycles. The SMILES string of the molecule is CN1CCC(Nc2nc(C(=O)NCc3cccc4cc(S(N)(=O)=O)ccc34)c3oc(C#N)cc3c2Br)CC1. The number of piperidine rings is 1. The molecule has 196 valence electrons. The number of likely N-dealkylation sites (tertiary alicyclic amines) is 1. The summed E-state index contributed by atoms with van der Waals surface area (Å²) in [6, 6.07) is 13.8. The summed E-state index contributed by atoms with van der Waals surface area (Å²) >= 11 is 3.58. The van der Waals surface area contributed by atoms with Gasteiger partial charge in [0.15, 0.2) is 11.3 Å². The first kappa shape index (κ1) is 26.1. The fourth-order valence-electron chi connectivity index (χ4n) is 4.64. The molecule has 1 fully saturated rings. The molecule has 4 aromatic rings. The monoisotopic (exact) mass is 596 g/mol. The van der Waals surface area contributed by atoms with Gasteiger partial charge in [-0.15, -0.1) is 0 Å². The molecule has 2 aromatic heterocycles. The number of hydrogen-bond donors (Lipinski definition) is 3. The lowest BCUT2D eigenvalue weighted by molar-refractivity contribution is 0.0947. The maximum atomic E-state index is 13.4. The number of nitrogens with zero attached hydrogens (tertiary/aromatic N) is 3. The average Bonchev–Trinajstić information content (AvgIpc) is 3.34. The molecule has 4 N–H and O–H groups in total. The van der Waals surface area contributed by atoms with Crippen LogP contribution in [0.3, 0.4) is 0 Å². The number of pyridine rings is 1. The summed E-state index contributed by atoms with van der Waals surface area (Å²) in [6.07, 6.45) is 1.88. The lowest BCUT2D eigenvalue weighted by atomic mass is 10.0. The number of aromatic nitrogens is 1. The number of carbonyl (C=O) groups excluding carboxylic acids is 1. The summed E-state index contributed by atoms with van der Waals surface area (Å²) < 4.78 is 29.8. The Hall–Kier alpha value is -3.50. The summed E-state index contributed by atoms with van der Waals surface area (Å²) in [7, 11) is -1.75. The first-order valence-electron chi connectivity index (χ1n) is 11.9. The zero-order valence-electron chi connectivity index (χ0n) is 20.5. The first-order valence-corrected chi connectivity index (χ1v) is 14.3. The van der Waals surface area contributed by atoms with Crippen LogP contribution in [-0.2, 0) is 16.6 Å². The van der Waals surface area contributed by atoms with Crippen LogP contribution >= 0.6 is 15.9 Å². The molecule has 10 nitrogen and oxygen atoms in total. The summed E-state index contributed by atoms with van der Waals surface area (Å²) in [4.78, 5) is 20.3. The molecule has 0 bridgehead atoms. The number of hydrogen-bond acceptors (Lipinski definition) is 8. The molecule has 38 heavy (non-hydrogen) atoms. The van der Waals surface area contributed by atoms with Gasteiger partial charge in [0.05, 0.1) is 9.37 Å². The minimum Gasteiger partial charge on any atom is -0.443 e. The molecule has 0 unspecified atom stereocenters. The zero-order valence-corrected chi connectivity index (χ0v) is 22.9. The molecule has 1 saturated heterocycles. The van der Waals surface area contributed by atoms with E-state index in [1.54, 1.807) is 24.3 Å². The van der Waals surface area contributed by atoms with E-state index in [-0.39, 0.29) is 34.5 Å². The molecule has 0 spiro atoms. The fraction of sp³-hybridized carbons (Fsp3) is 0.269. The standard InChI is InChI=1S/C26H25BrN6O4S/c1-33-9-7-17(8-10-33)31-25-22(27)21-12-18(13-28)37-24(21)23(32-25)26(34)30-14-16-4-2-3-15-11-19(38(29,35)36)5-6-20(15)16/h2-6,11-12,17H,7-10,14H2,1H3,(H,30,34)(H,31,32)(H2,29,35,36). The van der Waals surface area contributed by atoms with Gasteiger partial charge in [-0.1, -0.05) is 24.3 Å². The Labute approximate surface area is 228 Å². The Balaban J connectivity index is 1.45. The van der Waals surface area contributed by atoms with Crippen LogP contribution < -0.4 is 15.8 Å². The van der Waals surface area contributed by atoms with E-state index >= 15 is 0 Å². The van der Waals surface area contributed by atoms with Crippen LogP contribution in [0, 0.1) is 11.3 Å². The predicted octanol–water partition coefficient (Wildman–Crippen LogP) is 3.70. The maximum Gasteiger partial charge on any atom is 0.274 e. The number of anilines is 1. The fourth-order valence-corrected chi connectivity index (χ4v) is 5.69. The molecule has 1 amide bonds. The van der Waals surface area contributed by atoms with Gasteiger partial charge < -0.3 is 20.0 Å².